The Morgan fingerprint density at radius 1 is 1.19 bits per heavy atom. The molecule has 0 spiro atoms. The number of rotatable bonds is 7. The predicted molar refractivity (Wildman–Crippen MR) is 81.3 cm³/mol. The van der Waals surface area contributed by atoms with Crippen molar-refractivity contribution in [1.82, 2.24) is 15.3 Å². The fraction of sp³-hybridized carbons (Fsp3) is 0.375. The average molecular weight is 287 g/mol. The van der Waals surface area contributed by atoms with Gasteiger partial charge in [0.2, 0.25) is 5.88 Å². The Kier molecular flexibility index (Phi) is 5.51. The topological polar surface area (TPSA) is 56.3 Å². The number of aromatic nitrogens is 2. The quantitative estimate of drug-likeness (QED) is 0.848. The maximum absolute atomic E-state index is 5.62. The molecule has 2 aromatic rings. The second-order valence-electron chi connectivity index (χ2n) is 5.02. The van der Waals surface area contributed by atoms with Crippen LogP contribution in [0.25, 0.3) is 0 Å². The van der Waals surface area contributed by atoms with Crippen LogP contribution in [0.4, 0.5) is 0 Å². The Morgan fingerprint density at radius 3 is 2.71 bits per heavy atom. The van der Waals surface area contributed by atoms with E-state index in [1.165, 1.54) is 0 Å². The zero-order chi connectivity index (χ0) is 15.1. The molecule has 0 aliphatic rings. The second kappa shape index (κ2) is 7.59. The van der Waals surface area contributed by atoms with Crippen LogP contribution in [-0.2, 0) is 13.2 Å². The Hall–Kier alpha value is -2.14. The Morgan fingerprint density at radius 2 is 2.05 bits per heavy atom. The number of hydrogen-bond acceptors (Lipinski definition) is 5. The van der Waals surface area contributed by atoms with E-state index in [2.05, 4.69) is 29.1 Å². The van der Waals surface area contributed by atoms with Gasteiger partial charge in [-0.3, -0.25) is 4.98 Å². The molecule has 5 heteroatoms. The van der Waals surface area contributed by atoms with Crippen LogP contribution in [0, 0.1) is 0 Å². The van der Waals surface area contributed by atoms with Gasteiger partial charge in [-0.15, -0.1) is 0 Å². The molecule has 0 unspecified atom stereocenters. The van der Waals surface area contributed by atoms with Crippen LogP contribution < -0.4 is 14.8 Å². The minimum Gasteiger partial charge on any atom is -0.497 e. The summed E-state index contributed by atoms with van der Waals surface area (Å²) in [6, 6.07) is 8.19. The lowest BCUT2D eigenvalue weighted by Crippen LogP contribution is -2.22. The molecule has 0 fully saturated rings. The SMILES string of the molecule is COc1cccc(COc2cnc(CNC(C)C)cn2)c1. The van der Waals surface area contributed by atoms with Crippen LogP contribution in [-0.4, -0.2) is 23.1 Å². The molecular formula is C16H21N3O2. The van der Waals surface area contributed by atoms with Crippen LogP contribution in [0.1, 0.15) is 25.1 Å². The number of hydrogen-bond donors (Lipinski definition) is 1. The van der Waals surface area contributed by atoms with E-state index < -0.39 is 0 Å². The van der Waals surface area contributed by atoms with E-state index in [1.807, 2.05) is 24.3 Å². The van der Waals surface area contributed by atoms with Crippen LogP contribution in [0.3, 0.4) is 0 Å². The van der Waals surface area contributed by atoms with Gasteiger partial charge >= 0.3 is 0 Å². The van der Waals surface area contributed by atoms with Crippen molar-refractivity contribution in [1.29, 1.82) is 0 Å². The lowest BCUT2D eigenvalue weighted by atomic mass is 10.2. The molecule has 0 atom stereocenters. The highest BCUT2D eigenvalue weighted by Gasteiger charge is 2.01. The normalized spacial score (nSPS) is 10.7. The van der Waals surface area contributed by atoms with Crippen LogP contribution >= 0.6 is 0 Å². The summed E-state index contributed by atoms with van der Waals surface area (Å²) in [6.07, 6.45) is 3.38. The minimum atomic E-state index is 0.427. The Balaban J connectivity index is 1.88. The minimum absolute atomic E-state index is 0.427. The van der Waals surface area contributed by atoms with Crippen molar-refractivity contribution >= 4 is 0 Å². The van der Waals surface area contributed by atoms with Crippen molar-refractivity contribution in [2.24, 2.45) is 0 Å². The lowest BCUT2D eigenvalue weighted by Gasteiger charge is -2.09. The van der Waals surface area contributed by atoms with E-state index in [4.69, 9.17) is 9.47 Å². The monoisotopic (exact) mass is 287 g/mol. The maximum atomic E-state index is 5.62. The van der Waals surface area contributed by atoms with Crippen molar-refractivity contribution in [3.05, 3.63) is 47.9 Å². The van der Waals surface area contributed by atoms with Gasteiger partial charge in [-0.1, -0.05) is 26.0 Å². The molecule has 0 bridgehead atoms. The summed E-state index contributed by atoms with van der Waals surface area (Å²) >= 11 is 0. The Labute approximate surface area is 125 Å². The summed E-state index contributed by atoms with van der Waals surface area (Å²) in [5.41, 5.74) is 1.93. The first-order valence-electron chi connectivity index (χ1n) is 6.97. The number of nitrogens with one attached hydrogen (secondary N) is 1. The predicted octanol–water partition coefficient (Wildman–Crippen LogP) is 2.56. The second-order valence-corrected chi connectivity index (χ2v) is 5.02. The molecule has 0 saturated heterocycles. The molecule has 1 aromatic heterocycles. The zero-order valence-electron chi connectivity index (χ0n) is 12.7. The number of benzene rings is 1. The van der Waals surface area contributed by atoms with Gasteiger partial charge in [0, 0.05) is 12.6 Å². The van der Waals surface area contributed by atoms with Crippen LogP contribution in [0.15, 0.2) is 36.7 Å². The average Bonchev–Trinajstić information content (AvgIpc) is 2.52. The molecule has 1 N–H and O–H groups in total. The third-order valence-electron chi connectivity index (χ3n) is 2.89. The van der Waals surface area contributed by atoms with Gasteiger partial charge in [-0.2, -0.15) is 0 Å². The van der Waals surface area contributed by atoms with Gasteiger partial charge in [0.25, 0.3) is 0 Å². The van der Waals surface area contributed by atoms with Crippen molar-refractivity contribution in [2.75, 3.05) is 7.11 Å². The van der Waals surface area contributed by atoms with Crippen molar-refractivity contribution in [3.63, 3.8) is 0 Å². The third-order valence-corrected chi connectivity index (χ3v) is 2.89. The number of nitrogens with zero attached hydrogens (tertiary/aromatic N) is 2. The molecule has 1 heterocycles. The summed E-state index contributed by atoms with van der Waals surface area (Å²) in [5.74, 6) is 1.34. The van der Waals surface area contributed by atoms with Gasteiger partial charge < -0.3 is 14.8 Å². The standard InChI is InChI=1S/C16H21N3O2/c1-12(2)17-8-14-9-19-16(10-18-14)21-11-13-5-4-6-15(7-13)20-3/h4-7,9-10,12,17H,8,11H2,1-3H3. The van der Waals surface area contributed by atoms with E-state index in [-0.39, 0.29) is 0 Å². The summed E-state index contributed by atoms with van der Waals surface area (Å²) in [6.45, 7) is 5.34. The third kappa shape index (κ3) is 5.04. The van der Waals surface area contributed by atoms with Crippen LogP contribution in [0.2, 0.25) is 0 Å². The highest BCUT2D eigenvalue weighted by atomic mass is 16.5. The van der Waals surface area contributed by atoms with E-state index >= 15 is 0 Å². The molecule has 0 radical (unpaired) electrons. The molecule has 0 aliphatic heterocycles. The molecule has 0 amide bonds. The summed E-state index contributed by atoms with van der Waals surface area (Å²) in [7, 11) is 1.65. The molecule has 112 valence electrons. The van der Waals surface area contributed by atoms with E-state index in [9.17, 15) is 0 Å². The van der Waals surface area contributed by atoms with E-state index in [0.717, 1.165) is 17.0 Å². The van der Waals surface area contributed by atoms with Gasteiger partial charge in [-0.05, 0) is 17.7 Å². The fourth-order valence-electron chi connectivity index (χ4n) is 1.74. The van der Waals surface area contributed by atoms with Gasteiger partial charge in [0.15, 0.2) is 0 Å². The van der Waals surface area contributed by atoms with E-state index in [1.54, 1.807) is 19.5 Å². The lowest BCUT2D eigenvalue weighted by molar-refractivity contribution is 0.291. The first kappa shape index (κ1) is 15.3. The molecule has 0 aliphatic carbocycles. The Bertz CT molecular complexity index is 556. The molecule has 21 heavy (non-hydrogen) atoms. The highest BCUT2D eigenvalue weighted by Crippen LogP contribution is 2.14. The smallest absolute Gasteiger partial charge is 0.232 e. The van der Waals surface area contributed by atoms with Gasteiger partial charge in [-0.25, -0.2) is 4.98 Å². The van der Waals surface area contributed by atoms with Crippen molar-refractivity contribution in [2.45, 2.75) is 33.0 Å². The summed E-state index contributed by atoms with van der Waals surface area (Å²) < 4.78 is 10.8. The number of methoxy groups -OCH3 is 1. The fourth-order valence-corrected chi connectivity index (χ4v) is 1.74. The first-order valence-corrected chi connectivity index (χ1v) is 6.97. The van der Waals surface area contributed by atoms with Crippen LogP contribution in [0.5, 0.6) is 11.6 Å². The molecule has 5 nitrogen and oxygen atoms in total. The number of ether oxygens (including phenoxy) is 2. The van der Waals surface area contributed by atoms with E-state index in [0.29, 0.717) is 25.1 Å². The molecule has 0 saturated carbocycles. The summed E-state index contributed by atoms with van der Waals surface area (Å²) in [5, 5.41) is 3.29. The first-order chi connectivity index (χ1) is 10.2. The molecule has 2 rings (SSSR count). The highest BCUT2D eigenvalue weighted by molar-refractivity contribution is 5.28. The van der Waals surface area contributed by atoms with Gasteiger partial charge in [0.05, 0.1) is 25.2 Å². The summed E-state index contributed by atoms with van der Waals surface area (Å²) in [4.78, 5) is 8.58. The largest absolute Gasteiger partial charge is 0.497 e. The van der Waals surface area contributed by atoms with Crippen molar-refractivity contribution < 1.29 is 9.47 Å². The molecular weight excluding hydrogens is 266 g/mol. The molecule has 1 aromatic carbocycles. The van der Waals surface area contributed by atoms with Gasteiger partial charge in [0.1, 0.15) is 12.4 Å². The zero-order valence-corrected chi connectivity index (χ0v) is 12.7. The maximum Gasteiger partial charge on any atom is 0.232 e. The van der Waals surface area contributed by atoms with Crippen molar-refractivity contribution in [3.8, 4) is 11.6 Å².